The van der Waals surface area contributed by atoms with Crippen LogP contribution in [0.25, 0.3) is 0 Å². The molecule has 0 aliphatic carbocycles. The van der Waals surface area contributed by atoms with Crippen LogP contribution in [-0.2, 0) is 10.0 Å². The van der Waals surface area contributed by atoms with Gasteiger partial charge in [0, 0.05) is 11.0 Å². The molecule has 0 saturated carbocycles. The van der Waals surface area contributed by atoms with Gasteiger partial charge < -0.3 is 0 Å². The Morgan fingerprint density at radius 2 is 2.11 bits per heavy atom. The van der Waals surface area contributed by atoms with Gasteiger partial charge in [-0.15, -0.1) is 0 Å². The maximum absolute atomic E-state index is 12.0. The van der Waals surface area contributed by atoms with Crippen molar-refractivity contribution in [2.75, 3.05) is 18.1 Å². The number of nitrogens with one attached hydrogen (secondary N) is 1. The molecule has 0 radical (unpaired) electrons. The Balaban J connectivity index is 2.60. The largest absolute Gasteiger partial charge is 0.240 e. The molecule has 0 fully saturated rings. The first kappa shape index (κ1) is 16.0. The minimum atomic E-state index is -3.37. The van der Waals surface area contributed by atoms with E-state index in [4.69, 9.17) is 0 Å². The minimum absolute atomic E-state index is 0.325. The summed E-state index contributed by atoms with van der Waals surface area (Å²) in [7, 11) is -3.37. The fraction of sp³-hybridized carbons (Fsp3) is 0.500. The summed E-state index contributed by atoms with van der Waals surface area (Å²) >= 11 is 5.18. The molecule has 18 heavy (non-hydrogen) atoms. The summed E-state index contributed by atoms with van der Waals surface area (Å²) in [5, 5.41) is 0. The first-order valence-corrected chi connectivity index (χ1v) is 9.24. The van der Waals surface area contributed by atoms with E-state index in [1.165, 1.54) is 0 Å². The van der Waals surface area contributed by atoms with Crippen molar-refractivity contribution in [3.05, 3.63) is 28.2 Å². The van der Waals surface area contributed by atoms with Gasteiger partial charge in [0.25, 0.3) is 0 Å². The highest BCUT2D eigenvalue weighted by atomic mass is 79.9. The Morgan fingerprint density at radius 1 is 1.39 bits per heavy atom. The lowest BCUT2D eigenvalue weighted by Gasteiger charge is -2.08. The van der Waals surface area contributed by atoms with Gasteiger partial charge in [0.05, 0.1) is 4.90 Å². The number of halogens is 1. The zero-order valence-electron chi connectivity index (χ0n) is 10.6. The van der Waals surface area contributed by atoms with E-state index in [9.17, 15) is 8.42 Å². The van der Waals surface area contributed by atoms with Gasteiger partial charge in [-0.1, -0.05) is 22.9 Å². The van der Waals surface area contributed by atoms with Gasteiger partial charge >= 0.3 is 0 Å². The third-order valence-corrected chi connectivity index (χ3v) is 5.74. The monoisotopic (exact) mass is 351 g/mol. The lowest BCUT2D eigenvalue weighted by Crippen LogP contribution is -2.25. The number of benzene rings is 1. The average molecular weight is 352 g/mol. The second kappa shape index (κ2) is 7.53. The predicted octanol–water partition coefficient (Wildman–Crippen LogP) is 3.18. The zero-order chi connectivity index (χ0) is 13.6. The van der Waals surface area contributed by atoms with Crippen LogP contribution in [0.3, 0.4) is 0 Å². The van der Waals surface area contributed by atoms with Gasteiger partial charge in [0.1, 0.15) is 0 Å². The van der Waals surface area contributed by atoms with E-state index in [2.05, 4.69) is 27.6 Å². The molecule has 0 bridgehead atoms. The second-order valence-electron chi connectivity index (χ2n) is 3.86. The van der Waals surface area contributed by atoms with Crippen molar-refractivity contribution in [3.8, 4) is 0 Å². The van der Waals surface area contributed by atoms with Crippen LogP contribution in [0.2, 0.25) is 0 Å². The van der Waals surface area contributed by atoms with Crippen LogP contribution in [0.5, 0.6) is 0 Å². The van der Waals surface area contributed by atoms with Crippen LogP contribution >= 0.6 is 27.7 Å². The minimum Gasteiger partial charge on any atom is -0.211 e. The molecule has 0 heterocycles. The number of hydrogen-bond acceptors (Lipinski definition) is 3. The third-order valence-electron chi connectivity index (χ3n) is 2.40. The zero-order valence-corrected chi connectivity index (χ0v) is 13.8. The molecule has 6 heteroatoms. The SMILES string of the molecule is CCSCCCNS(=O)(=O)c1ccc(Br)c(C)c1. The molecular weight excluding hydrogens is 334 g/mol. The van der Waals surface area contributed by atoms with Crippen LogP contribution in [-0.4, -0.2) is 26.5 Å². The molecular formula is C12H18BrNO2S2. The normalized spacial score (nSPS) is 11.7. The van der Waals surface area contributed by atoms with Gasteiger partial charge in [0.2, 0.25) is 10.0 Å². The molecule has 102 valence electrons. The highest BCUT2D eigenvalue weighted by Crippen LogP contribution is 2.19. The fourth-order valence-electron chi connectivity index (χ4n) is 1.39. The van der Waals surface area contributed by atoms with Crippen molar-refractivity contribution >= 4 is 37.7 Å². The summed E-state index contributed by atoms with van der Waals surface area (Å²) < 4.78 is 27.5. The molecule has 1 rings (SSSR count). The summed E-state index contributed by atoms with van der Waals surface area (Å²) in [6.45, 7) is 4.46. The summed E-state index contributed by atoms with van der Waals surface area (Å²) in [5.74, 6) is 2.05. The van der Waals surface area contributed by atoms with E-state index in [1.54, 1.807) is 18.2 Å². The maximum atomic E-state index is 12.0. The van der Waals surface area contributed by atoms with Crippen molar-refractivity contribution in [1.29, 1.82) is 0 Å². The van der Waals surface area contributed by atoms with Crippen LogP contribution in [0.4, 0.5) is 0 Å². The lowest BCUT2D eigenvalue weighted by atomic mass is 10.2. The van der Waals surface area contributed by atoms with Crippen molar-refractivity contribution in [1.82, 2.24) is 4.72 Å². The highest BCUT2D eigenvalue weighted by molar-refractivity contribution is 9.10. The fourth-order valence-corrected chi connectivity index (χ4v) is 3.44. The number of sulfonamides is 1. The average Bonchev–Trinajstić information content (AvgIpc) is 2.32. The van der Waals surface area contributed by atoms with Gasteiger partial charge in [0.15, 0.2) is 0 Å². The Labute approximate surface area is 122 Å². The Kier molecular flexibility index (Phi) is 6.70. The molecule has 1 N–H and O–H groups in total. The van der Waals surface area contributed by atoms with E-state index in [-0.39, 0.29) is 0 Å². The summed E-state index contributed by atoms with van der Waals surface area (Å²) in [4.78, 5) is 0.325. The summed E-state index contributed by atoms with van der Waals surface area (Å²) in [5.41, 5.74) is 0.916. The van der Waals surface area contributed by atoms with Crippen LogP contribution in [0.1, 0.15) is 18.9 Å². The molecule has 0 unspecified atom stereocenters. The smallest absolute Gasteiger partial charge is 0.211 e. The predicted molar refractivity (Wildman–Crippen MR) is 81.7 cm³/mol. The Hall–Kier alpha value is -0.0400. The quantitative estimate of drug-likeness (QED) is 0.767. The van der Waals surface area contributed by atoms with E-state index >= 15 is 0 Å². The molecule has 0 spiro atoms. The Bertz CT molecular complexity index is 489. The van der Waals surface area contributed by atoms with Crippen molar-refractivity contribution < 1.29 is 8.42 Å². The molecule has 1 aromatic rings. The molecule has 0 amide bonds. The van der Waals surface area contributed by atoms with E-state index in [0.29, 0.717) is 11.4 Å². The topological polar surface area (TPSA) is 46.2 Å². The maximum Gasteiger partial charge on any atom is 0.240 e. The molecule has 0 saturated heterocycles. The number of thioether (sulfide) groups is 1. The molecule has 0 atom stereocenters. The number of rotatable bonds is 7. The van der Waals surface area contributed by atoms with Gasteiger partial charge in [-0.05, 0) is 48.6 Å². The standard InChI is InChI=1S/C12H18BrNO2S2/c1-3-17-8-4-7-14-18(15,16)11-5-6-12(13)10(2)9-11/h5-6,9,14H,3-4,7-8H2,1-2H3. The van der Waals surface area contributed by atoms with Crippen molar-refractivity contribution in [2.45, 2.75) is 25.2 Å². The molecule has 3 nitrogen and oxygen atoms in total. The Morgan fingerprint density at radius 3 is 2.72 bits per heavy atom. The van der Waals surface area contributed by atoms with Crippen molar-refractivity contribution in [2.24, 2.45) is 0 Å². The van der Waals surface area contributed by atoms with E-state index in [1.807, 2.05) is 18.7 Å². The first-order chi connectivity index (χ1) is 8.47. The van der Waals surface area contributed by atoms with Crippen LogP contribution < -0.4 is 4.72 Å². The summed E-state index contributed by atoms with van der Waals surface area (Å²) in [6.07, 6.45) is 0.854. The second-order valence-corrected chi connectivity index (χ2v) is 7.87. The van der Waals surface area contributed by atoms with E-state index < -0.39 is 10.0 Å². The number of hydrogen-bond donors (Lipinski definition) is 1. The molecule has 0 aliphatic rings. The van der Waals surface area contributed by atoms with Gasteiger partial charge in [-0.3, -0.25) is 0 Å². The summed E-state index contributed by atoms with van der Waals surface area (Å²) in [6, 6.07) is 5.05. The van der Waals surface area contributed by atoms with Crippen molar-refractivity contribution in [3.63, 3.8) is 0 Å². The van der Waals surface area contributed by atoms with Gasteiger partial charge in [-0.2, -0.15) is 11.8 Å². The third kappa shape index (κ3) is 4.91. The van der Waals surface area contributed by atoms with Crippen LogP contribution in [0.15, 0.2) is 27.6 Å². The first-order valence-electron chi connectivity index (χ1n) is 5.81. The molecule has 0 aromatic heterocycles. The van der Waals surface area contributed by atoms with E-state index in [0.717, 1.165) is 28.0 Å². The van der Waals surface area contributed by atoms with Gasteiger partial charge in [-0.25, -0.2) is 13.1 Å². The lowest BCUT2D eigenvalue weighted by molar-refractivity contribution is 0.581. The van der Waals surface area contributed by atoms with Crippen LogP contribution in [0, 0.1) is 6.92 Å². The number of aryl methyl sites for hydroxylation is 1. The molecule has 0 aliphatic heterocycles. The molecule has 1 aromatic carbocycles. The highest BCUT2D eigenvalue weighted by Gasteiger charge is 2.13.